The maximum absolute atomic E-state index is 13.3. The number of carbonyl (C=O) groups excluding carboxylic acids is 1. The molecule has 1 N–H and O–H groups in total. The molecule has 0 atom stereocenters. The summed E-state index contributed by atoms with van der Waals surface area (Å²) in [4.78, 5) is 37.0. The third-order valence-electron chi connectivity index (χ3n) is 7.32. The molecule has 1 aliphatic carbocycles. The molecule has 2 aliphatic rings. The standard InChI is InChI=1S/C26H34N6O4/c1-4-36-26(34)32-14-12-31(13-15-32)18-10-11-19(20(16-18)35-3)23-27-24-21(25(33)28-23)22(29-30(24)2)17-8-6-5-7-9-17/h10-11,16-17H,4-9,12-15H2,1-3H3,(H,27,28,33). The molecule has 3 aromatic rings. The van der Waals surface area contributed by atoms with Crippen LogP contribution in [-0.2, 0) is 11.8 Å². The summed E-state index contributed by atoms with van der Waals surface area (Å²) in [6, 6.07) is 5.88. The number of nitrogens with zero attached hydrogens (tertiary/aromatic N) is 5. The second-order valence-electron chi connectivity index (χ2n) is 9.51. The molecule has 36 heavy (non-hydrogen) atoms. The van der Waals surface area contributed by atoms with Gasteiger partial charge in [0.05, 0.1) is 25.0 Å². The Morgan fingerprint density at radius 2 is 1.89 bits per heavy atom. The minimum absolute atomic E-state index is 0.162. The number of ether oxygens (including phenoxy) is 2. The van der Waals surface area contributed by atoms with Gasteiger partial charge < -0.3 is 24.3 Å². The van der Waals surface area contributed by atoms with Crippen molar-refractivity contribution in [3.8, 4) is 17.1 Å². The Morgan fingerprint density at radius 3 is 2.58 bits per heavy atom. The van der Waals surface area contributed by atoms with E-state index < -0.39 is 0 Å². The molecular weight excluding hydrogens is 460 g/mol. The molecule has 0 bridgehead atoms. The van der Waals surface area contributed by atoms with Gasteiger partial charge in [-0.15, -0.1) is 0 Å². The van der Waals surface area contributed by atoms with Crippen molar-refractivity contribution in [2.45, 2.75) is 44.9 Å². The van der Waals surface area contributed by atoms with Gasteiger partial charge in [0.25, 0.3) is 5.56 Å². The number of H-pyrrole nitrogens is 1. The number of benzene rings is 1. The first-order valence-corrected chi connectivity index (χ1v) is 12.8. The van der Waals surface area contributed by atoms with E-state index in [1.165, 1.54) is 19.3 Å². The molecule has 10 heteroatoms. The lowest BCUT2D eigenvalue weighted by Crippen LogP contribution is -2.49. The van der Waals surface area contributed by atoms with E-state index in [2.05, 4.69) is 9.88 Å². The fourth-order valence-electron chi connectivity index (χ4n) is 5.41. The first kappa shape index (κ1) is 24.1. The number of aromatic nitrogens is 4. The van der Waals surface area contributed by atoms with Crippen molar-refractivity contribution in [2.24, 2.45) is 7.05 Å². The molecule has 5 rings (SSSR count). The van der Waals surface area contributed by atoms with Gasteiger partial charge >= 0.3 is 6.09 Å². The van der Waals surface area contributed by atoms with E-state index in [1.54, 1.807) is 16.7 Å². The largest absolute Gasteiger partial charge is 0.496 e. The Bertz CT molecular complexity index is 1300. The van der Waals surface area contributed by atoms with Crippen LogP contribution in [0.3, 0.4) is 0 Å². The van der Waals surface area contributed by atoms with Gasteiger partial charge in [0.2, 0.25) is 0 Å². The van der Waals surface area contributed by atoms with Crippen LogP contribution in [0.4, 0.5) is 10.5 Å². The van der Waals surface area contributed by atoms with E-state index in [4.69, 9.17) is 19.6 Å². The molecule has 0 unspecified atom stereocenters. The van der Waals surface area contributed by atoms with Crippen molar-refractivity contribution in [3.63, 3.8) is 0 Å². The Labute approximate surface area is 210 Å². The lowest BCUT2D eigenvalue weighted by molar-refractivity contribution is 0.105. The van der Waals surface area contributed by atoms with Crippen molar-refractivity contribution in [3.05, 3.63) is 34.2 Å². The Balaban J connectivity index is 1.42. The van der Waals surface area contributed by atoms with E-state index in [1.807, 2.05) is 32.2 Å². The number of aromatic amines is 1. The molecule has 10 nitrogen and oxygen atoms in total. The summed E-state index contributed by atoms with van der Waals surface area (Å²) in [6.07, 6.45) is 5.46. The minimum Gasteiger partial charge on any atom is -0.496 e. The zero-order valence-electron chi connectivity index (χ0n) is 21.2. The zero-order valence-corrected chi connectivity index (χ0v) is 21.2. The molecule has 0 radical (unpaired) electrons. The number of piperazine rings is 1. The first-order valence-electron chi connectivity index (χ1n) is 12.8. The predicted octanol–water partition coefficient (Wildman–Crippen LogP) is 3.66. The van der Waals surface area contributed by atoms with Crippen molar-refractivity contribution in [2.75, 3.05) is 44.8 Å². The number of amides is 1. The Hall–Kier alpha value is -3.56. The number of nitrogens with one attached hydrogen (secondary N) is 1. The van der Waals surface area contributed by atoms with Gasteiger partial charge in [-0.2, -0.15) is 5.10 Å². The van der Waals surface area contributed by atoms with Crippen molar-refractivity contribution >= 4 is 22.8 Å². The summed E-state index contributed by atoms with van der Waals surface area (Å²) >= 11 is 0. The highest BCUT2D eigenvalue weighted by atomic mass is 16.6. The van der Waals surface area contributed by atoms with Gasteiger partial charge in [-0.25, -0.2) is 14.5 Å². The summed E-state index contributed by atoms with van der Waals surface area (Å²) in [5, 5.41) is 5.32. The zero-order chi connectivity index (χ0) is 25.2. The fraction of sp³-hybridized carbons (Fsp3) is 0.538. The van der Waals surface area contributed by atoms with Gasteiger partial charge in [-0.05, 0) is 31.9 Å². The number of carbonyl (C=O) groups is 1. The smallest absolute Gasteiger partial charge is 0.409 e. The van der Waals surface area contributed by atoms with Gasteiger partial charge in [0.1, 0.15) is 17.0 Å². The summed E-state index contributed by atoms with van der Waals surface area (Å²) in [6.45, 7) is 4.77. The summed E-state index contributed by atoms with van der Waals surface area (Å²) in [7, 11) is 3.46. The van der Waals surface area contributed by atoms with Crippen LogP contribution in [0.25, 0.3) is 22.4 Å². The third-order valence-corrected chi connectivity index (χ3v) is 7.32. The molecule has 0 spiro atoms. The van der Waals surface area contributed by atoms with Crippen molar-refractivity contribution in [1.82, 2.24) is 24.6 Å². The number of fused-ring (bicyclic) bond motifs is 1. The molecular formula is C26H34N6O4. The van der Waals surface area contributed by atoms with E-state index in [-0.39, 0.29) is 11.7 Å². The molecule has 1 aliphatic heterocycles. The van der Waals surface area contributed by atoms with Gasteiger partial charge in [-0.3, -0.25) is 4.79 Å². The topological polar surface area (TPSA) is 106 Å². The maximum atomic E-state index is 13.3. The van der Waals surface area contributed by atoms with Crippen LogP contribution in [-0.4, -0.2) is 70.6 Å². The monoisotopic (exact) mass is 494 g/mol. The SMILES string of the molecule is CCOC(=O)N1CCN(c2ccc(-c3nc4c(c(C5CCCCC5)nn4C)c(=O)[nH]3)c(OC)c2)CC1. The number of anilines is 1. The number of methoxy groups -OCH3 is 1. The average Bonchev–Trinajstić information content (AvgIpc) is 3.26. The summed E-state index contributed by atoms with van der Waals surface area (Å²) in [5.74, 6) is 1.40. The molecule has 192 valence electrons. The molecule has 1 aromatic carbocycles. The lowest BCUT2D eigenvalue weighted by atomic mass is 9.86. The van der Waals surface area contributed by atoms with Gasteiger partial charge in [0, 0.05) is 50.9 Å². The first-order chi connectivity index (χ1) is 17.5. The summed E-state index contributed by atoms with van der Waals surface area (Å²) in [5.41, 5.74) is 3.01. The average molecular weight is 495 g/mol. The quantitative estimate of drug-likeness (QED) is 0.577. The van der Waals surface area contributed by atoms with Crippen LogP contribution >= 0.6 is 0 Å². The van der Waals surface area contributed by atoms with E-state index >= 15 is 0 Å². The number of aryl methyl sites for hydroxylation is 1. The number of rotatable bonds is 5. The maximum Gasteiger partial charge on any atom is 0.409 e. The molecule has 1 saturated carbocycles. The highest BCUT2D eigenvalue weighted by molar-refractivity contribution is 5.81. The molecule has 3 heterocycles. The Morgan fingerprint density at radius 1 is 1.14 bits per heavy atom. The van der Waals surface area contributed by atoms with Gasteiger partial charge in [-0.1, -0.05) is 19.3 Å². The number of hydrogen-bond acceptors (Lipinski definition) is 7. The minimum atomic E-state index is -0.266. The highest BCUT2D eigenvalue weighted by Gasteiger charge is 2.26. The lowest BCUT2D eigenvalue weighted by Gasteiger charge is -2.35. The van der Waals surface area contributed by atoms with Crippen LogP contribution in [0.2, 0.25) is 0 Å². The van der Waals surface area contributed by atoms with E-state index in [9.17, 15) is 9.59 Å². The highest BCUT2D eigenvalue weighted by Crippen LogP contribution is 2.36. The van der Waals surface area contributed by atoms with Crippen LogP contribution in [0, 0.1) is 0 Å². The van der Waals surface area contributed by atoms with Gasteiger partial charge in [0.15, 0.2) is 5.65 Å². The second-order valence-corrected chi connectivity index (χ2v) is 9.51. The number of hydrogen-bond donors (Lipinski definition) is 1. The van der Waals surface area contributed by atoms with Crippen LogP contribution in [0.15, 0.2) is 23.0 Å². The molecule has 2 fully saturated rings. The third kappa shape index (κ3) is 4.52. The predicted molar refractivity (Wildman–Crippen MR) is 138 cm³/mol. The van der Waals surface area contributed by atoms with E-state index in [0.29, 0.717) is 66.9 Å². The van der Waals surface area contributed by atoms with E-state index in [0.717, 1.165) is 24.2 Å². The van der Waals surface area contributed by atoms with Crippen molar-refractivity contribution < 1.29 is 14.3 Å². The normalized spacial score (nSPS) is 17.0. The molecule has 1 amide bonds. The molecule has 2 aromatic heterocycles. The summed E-state index contributed by atoms with van der Waals surface area (Å²) < 4.78 is 12.5. The van der Waals surface area contributed by atoms with Crippen molar-refractivity contribution in [1.29, 1.82) is 0 Å². The fourth-order valence-corrected chi connectivity index (χ4v) is 5.41. The van der Waals surface area contributed by atoms with Crippen LogP contribution in [0.1, 0.15) is 50.6 Å². The van der Waals surface area contributed by atoms with Crippen LogP contribution < -0.4 is 15.2 Å². The van der Waals surface area contributed by atoms with Crippen LogP contribution in [0.5, 0.6) is 5.75 Å². The Kier molecular flexibility index (Phi) is 6.84. The second kappa shape index (κ2) is 10.2. The molecule has 1 saturated heterocycles.